The summed E-state index contributed by atoms with van der Waals surface area (Å²) < 4.78 is 0. The van der Waals surface area contributed by atoms with Crippen LogP contribution >= 0.6 is 0 Å². The van der Waals surface area contributed by atoms with Gasteiger partial charge in [0.15, 0.2) is 0 Å². The lowest BCUT2D eigenvalue weighted by molar-refractivity contribution is -0.135. The van der Waals surface area contributed by atoms with Crippen molar-refractivity contribution in [2.75, 3.05) is 37.6 Å². The van der Waals surface area contributed by atoms with Gasteiger partial charge in [-0.05, 0) is 24.8 Å². The SMILES string of the molecule is CC(C)CCNC(=O)C1CC1C(=O)N1CCN(c2ncccn2)CC1. The number of rotatable bonds is 6. The fraction of sp³-hybridized carbons (Fsp3) is 0.667. The number of hydrogen-bond donors (Lipinski definition) is 1. The van der Waals surface area contributed by atoms with Crippen molar-refractivity contribution >= 4 is 17.8 Å². The molecule has 3 rings (SSSR count). The minimum atomic E-state index is -0.129. The highest BCUT2D eigenvalue weighted by molar-refractivity contribution is 5.92. The van der Waals surface area contributed by atoms with Crippen LogP contribution in [0.4, 0.5) is 5.95 Å². The average Bonchev–Trinajstić information content (AvgIpc) is 3.42. The van der Waals surface area contributed by atoms with E-state index in [0.29, 0.717) is 37.9 Å². The predicted octanol–water partition coefficient (Wildman–Crippen LogP) is 0.924. The number of carbonyl (C=O) groups is 2. The first kappa shape index (κ1) is 17.6. The van der Waals surface area contributed by atoms with Gasteiger partial charge in [0.25, 0.3) is 0 Å². The molecule has 2 heterocycles. The molecule has 2 fully saturated rings. The lowest BCUT2D eigenvalue weighted by Gasteiger charge is -2.34. The van der Waals surface area contributed by atoms with E-state index in [-0.39, 0.29) is 23.7 Å². The molecule has 25 heavy (non-hydrogen) atoms. The van der Waals surface area contributed by atoms with Gasteiger partial charge in [0, 0.05) is 45.1 Å². The molecule has 0 aromatic carbocycles. The maximum atomic E-state index is 12.6. The van der Waals surface area contributed by atoms with E-state index in [1.165, 1.54) is 0 Å². The van der Waals surface area contributed by atoms with Crippen LogP contribution in [-0.2, 0) is 9.59 Å². The van der Waals surface area contributed by atoms with Crippen LogP contribution in [0.1, 0.15) is 26.7 Å². The van der Waals surface area contributed by atoms with Crippen molar-refractivity contribution in [2.45, 2.75) is 26.7 Å². The van der Waals surface area contributed by atoms with Gasteiger partial charge < -0.3 is 15.1 Å². The Labute approximate surface area is 148 Å². The van der Waals surface area contributed by atoms with Crippen LogP contribution in [-0.4, -0.2) is 59.4 Å². The number of carbonyl (C=O) groups excluding carboxylic acids is 2. The van der Waals surface area contributed by atoms with Crippen molar-refractivity contribution < 1.29 is 9.59 Å². The molecule has 0 bridgehead atoms. The summed E-state index contributed by atoms with van der Waals surface area (Å²) in [7, 11) is 0. The highest BCUT2D eigenvalue weighted by Crippen LogP contribution is 2.40. The molecule has 1 saturated carbocycles. The molecule has 2 unspecified atom stereocenters. The van der Waals surface area contributed by atoms with E-state index >= 15 is 0 Å². The Morgan fingerprint density at radius 2 is 1.84 bits per heavy atom. The molecule has 1 aliphatic heterocycles. The van der Waals surface area contributed by atoms with Gasteiger partial charge in [0.2, 0.25) is 17.8 Å². The van der Waals surface area contributed by atoms with Crippen molar-refractivity contribution in [2.24, 2.45) is 17.8 Å². The Morgan fingerprint density at radius 3 is 2.48 bits per heavy atom. The fourth-order valence-electron chi connectivity index (χ4n) is 3.19. The van der Waals surface area contributed by atoms with E-state index in [9.17, 15) is 9.59 Å². The van der Waals surface area contributed by atoms with E-state index in [1.807, 2.05) is 4.90 Å². The molecule has 1 aromatic rings. The molecule has 0 spiro atoms. The molecule has 1 aromatic heterocycles. The van der Waals surface area contributed by atoms with Crippen molar-refractivity contribution in [1.82, 2.24) is 20.2 Å². The number of anilines is 1. The molecular weight excluding hydrogens is 318 g/mol. The molecule has 2 atom stereocenters. The second kappa shape index (κ2) is 7.80. The standard InChI is InChI=1S/C18H27N5O2/c1-13(2)4-7-19-16(24)14-12-15(14)17(25)22-8-10-23(11-9-22)18-20-5-3-6-21-18/h3,5-6,13-15H,4,7-12H2,1-2H3,(H,19,24). The Morgan fingerprint density at radius 1 is 1.16 bits per heavy atom. The Kier molecular flexibility index (Phi) is 5.50. The van der Waals surface area contributed by atoms with Crippen LogP contribution in [0.15, 0.2) is 18.5 Å². The summed E-state index contributed by atoms with van der Waals surface area (Å²) in [5.41, 5.74) is 0. The van der Waals surface area contributed by atoms with Gasteiger partial charge in [-0.2, -0.15) is 0 Å². The monoisotopic (exact) mass is 345 g/mol. The van der Waals surface area contributed by atoms with Crippen molar-refractivity contribution in [3.8, 4) is 0 Å². The lowest BCUT2D eigenvalue weighted by Crippen LogP contribution is -2.50. The molecule has 1 saturated heterocycles. The van der Waals surface area contributed by atoms with Crippen molar-refractivity contribution in [3.63, 3.8) is 0 Å². The minimum Gasteiger partial charge on any atom is -0.356 e. The third-order valence-corrected chi connectivity index (χ3v) is 4.89. The zero-order chi connectivity index (χ0) is 17.8. The van der Waals surface area contributed by atoms with E-state index in [1.54, 1.807) is 18.5 Å². The number of aromatic nitrogens is 2. The highest BCUT2D eigenvalue weighted by Gasteiger charge is 2.49. The Bertz CT molecular complexity index is 599. The molecule has 2 amide bonds. The number of nitrogens with one attached hydrogen (secondary N) is 1. The van der Waals surface area contributed by atoms with Crippen LogP contribution in [0.5, 0.6) is 0 Å². The fourth-order valence-corrected chi connectivity index (χ4v) is 3.19. The number of hydrogen-bond acceptors (Lipinski definition) is 5. The Hall–Kier alpha value is -2.18. The van der Waals surface area contributed by atoms with Gasteiger partial charge in [0.1, 0.15) is 0 Å². The Balaban J connectivity index is 1.42. The summed E-state index contributed by atoms with van der Waals surface area (Å²) in [6.45, 7) is 7.75. The first-order valence-electron chi connectivity index (χ1n) is 9.14. The molecule has 7 heteroatoms. The van der Waals surface area contributed by atoms with Gasteiger partial charge >= 0.3 is 0 Å². The van der Waals surface area contributed by atoms with Crippen molar-refractivity contribution in [3.05, 3.63) is 18.5 Å². The smallest absolute Gasteiger partial charge is 0.226 e. The molecule has 7 nitrogen and oxygen atoms in total. The summed E-state index contributed by atoms with van der Waals surface area (Å²) in [6, 6.07) is 1.79. The van der Waals surface area contributed by atoms with Crippen LogP contribution in [0.25, 0.3) is 0 Å². The molecule has 136 valence electrons. The number of nitrogens with zero attached hydrogens (tertiary/aromatic N) is 4. The third-order valence-electron chi connectivity index (χ3n) is 4.89. The molecule has 2 aliphatic rings. The first-order valence-corrected chi connectivity index (χ1v) is 9.14. The lowest BCUT2D eigenvalue weighted by atomic mass is 10.1. The molecule has 1 N–H and O–H groups in total. The quantitative estimate of drug-likeness (QED) is 0.830. The molecule has 0 radical (unpaired) electrons. The van der Waals surface area contributed by atoms with Gasteiger partial charge in [-0.25, -0.2) is 9.97 Å². The van der Waals surface area contributed by atoms with Crippen LogP contribution in [0, 0.1) is 17.8 Å². The van der Waals surface area contributed by atoms with Gasteiger partial charge in [0.05, 0.1) is 11.8 Å². The predicted molar refractivity (Wildman–Crippen MR) is 94.9 cm³/mol. The second-order valence-corrected chi connectivity index (χ2v) is 7.28. The van der Waals surface area contributed by atoms with Crippen LogP contribution in [0.3, 0.4) is 0 Å². The van der Waals surface area contributed by atoms with Gasteiger partial charge in [-0.1, -0.05) is 13.8 Å². The summed E-state index contributed by atoms with van der Waals surface area (Å²) in [4.78, 5) is 37.2. The van der Waals surface area contributed by atoms with E-state index in [2.05, 4.69) is 34.0 Å². The van der Waals surface area contributed by atoms with Gasteiger partial charge in [-0.3, -0.25) is 9.59 Å². The highest BCUT2D eigenvalue weighted by atomic mass is 16.2. The minimum absolute atomic E-state index is 0.0373. The maximum absolute atomic E-state index is 12.6. The molecular formula is C18H27N5O2. The second-order valence-electron chi connectivity index (χ2n) is 7.28. The largest absolute Gasteiger partial charge is 0.356 e. The average molecular weight is 345 g/mol. The van der Waals surface area contributed by atoms with E-state index < -0.39 is 0 Å². The van der Waals surface area contributed by atoms with Gasteiger partial charge in [-0.15, -0.1) is 0 Å². The van der Waals surface area contributed by atoms with Crippen LogP contribution < -0.4 is 10.2 Å². The maximum Gasteiger partial charge on any atom is 0.226 e. The zero-order valence-electron chi connectivity index (χ0n) is 15.0. The van der Waals surface area contributed by atoms with E-state index in [0.717, 1.165) is 19.5 Å². The third kappa shape index (κ3) is 4.46. The van der Waals surface area contributed by atoms with E-state index in [4.69, 9.17) is 0 Å². The number of piperazine rings is 1. The summed E-state index contributed by atoms with van der Waals surface area (Å²) in [5, 5.41) is 2.96. The normalized spacial score (nSPS) is 22.8. The van der Waals surface area contributed by atoms with Crippen LogP contribution in [0.2, 0.25) is 0 Å². The molecule has 1 aliphatic carbocycles. The summed E-state index contributed by atoms with van der Waals surface area (Å²) in [5.74, 6) is 1.19. The summed E-state index contributed by atoms with van der Waals surface area (Å²) in [6.07, 6.45) is 5.12. The first-order chi connectivity index (χ1) is 12.1. The zero-order valence-corrected chi connectivity index (χ0v) is 15.0. The number of amides is 2. The van der Waals surface area contributed by atoms with Crippen molar-refractivity contribution in [1.29, 1.82) is 0 Å². The summed E-state index contributed by atoms with van der Waals surface area (Å²) >= 11 is 0. The topological polar surface area (TPSA) is 78.4 Å².